The molecule has 1 aliphatic rings. The van der Waals surface area contributed by atoms with E-state index in [-0.39, 0.29) is 6.61 Å². The molecule has 0 unspecified atom stereocenters. The first-order chi connectivity index (χ1) is 7.87. The summed E-state index contributed by atoms with van der Waals surface area (Å²) in [7, 11) is 1.98. The fraction of sp³-hybridized carbons (Fsp3) is 1.00. The summed E-state index contributed by atoms with van der Waals surface area (Å²) in [6.07, 6.45) is -1.48. The SMILES string of the molecule is CN(CCCOCC(F)(F)F)CC1CC(Cl)C1. The zero-order valence-corrected chi connectivity index (χ0v) is 10.7. The molecule has 0 radical (unpaired) electrons. The first-order valence-electron chi connectivity index (χ1n) is 5.84. The molecule has 1 rings (SSSR count). The third-order valence-electron chi connectivity index (χ3n) is 2.84. The van der Waals surface area contributed by atoms with Gasteiger partial charge in [-0.05, 0) is 32.2 Å². The minimum absolute atomic E-state index is 0.159. The molecule has 0 aliphatic heterocycles. The normalized spacial score (nSPS) is 25.1. The molecule has 102 valence electrons. The van der Waals surface area contributed by atoms with Crippen molar-refractivity contribution in [1.29, 1.82) is 0 Å². The van der Waals surface area contributed by atoms with Gasteiger partial charge in [-0.3, -0.25) is 0 Å². The monoisotopic (exact) mass is 273 g/mol. The zero-order chi connectivity index (χ0) is 12.9. The lowest BCUT2D eigenvalue weighted by Crippen LogP contribution is -2.35. The van der Waals surface area contributed by atoms with E-state index in [2.05, 4.69) is 9.64 Å². The van der Waals surface area contributed by atoms with Gasteiger partial charge in [0.05, 0.1) is 0 Å². The lowest BCUT2D eigenvalue weighted by atomic mass is 9.84. The van der Waals surface area contributed by atoms with Crippen LogP contribution in [0.2, 0.25) is 0 Å². The summed E-state index contributed by atoms with van der Waals surface area (Å²) in [4.78, 5) is 2.13. The Labute approximate surface area is 105 Å². The van der Waals surface area contributed by atoms with E-state index in [0.717, 1.165) is 25.9 Å². The van der Waals surface area contributed by atoms with Crippen LogP contribution in [0, 0.1) is 5.92 Å². The summed E-state index contributed by atoms with van der Waals surface area (Å²) >= 11 is 5.87. The van der Waals surface area contributed by atoms with Crippen molar-refractivity contribution in [3.63, 3.8) is 0 Å². The highest BCUT2D eigenvalue weighted by molar-refractivity contribution is 6.21. The minimum atomic E-state index is -4.22. The molecule has 0 aromatic carbocycles. The van der Waals surface area contributed by atoms with Gasteiger partial charge in [0.1, 0.15) is 6.61 Å². The number of nitrogens with zero attached hydrogens (tertiary/aromatic N) is 1. The van der Waals surface area contributed by atoms with Crippen molar-refractivity contribution >= 4 is 11.6 Å². The summed E-state index contributed by atoms with van der Waals surface area (Å²) in [5, 5.41) is 0.323. The molecule has 0 amide bonds. The number of rotatable bonds is 7. The van der Waals surface area contributed by atoms with Gasteiger partial charge in [0.25, 0.3) is 0 Å². The lowest BCUT2D eigenvalue weighted by Gasteiger charge is -2.34. The lowest BCUT2D eigenvalue weighted by molar-refractivity contribution is -0.174. The maximum atomic E-state index is 11.8. The summed E-state index contributed by atoms with van der Waals surface area (Å²) < 4.78 is 39.8. The molecule has 2 nitrogen and oxygen atoms in total. The summed E-state index contributed by atoms with van der Waals surface area (Å²) in [6.45, 7) is 0.754. The molecule has 1 fully saturated rings. The van der Waals surface area contributed by atoms with Gasteiger partial charge in [0.2, 0.25) is 0 Å². The van der Waals surface area contributed by atoms with Crippen LogP contribution < -0.4 is 0 Å². The molecular formula is C11H19ClF3NO. The highest BCUT2D eigenvalue weighted by Crippen LogP contribution is 2.32. The van der Waals surface area contributed by atoms with Crippen LogP contribution in [-0.4, -0.2) is 49.8 Å². The van der Waals surface area contributed by atoms with Gasteiger partial charge in [0, 0.05) is 25.1 Å². The first kappa shape index (κ1) is 15.1. The maximum absolute atomic E-state index is 11.8. The Kier molecular flexibility index (Phi) is 6.03. The second-order valence-corrected chi connectivity index (χ2v) is 5.34. The van der Waals surface area contributed by atoms with Gasteiger partial charge >= 0.3 is 6.18 Å². The van der Waals surface area contributed by atoms with Crippen molar-refractivity contribution < 1.29 is 17.9 Å². The highest BCUT2D eigenvalue weighted by atomic mass is 35.5. The Morgan fingerprint density at radius 1 is 1.35 bits per heavy atom. The molecule has 0 atom stereocenters. The van der Waals surface area contributed by atoms with E-state index >= 15 is 0 Å². The molecule has 1 saturated carbocycles. The molecule has 0 bridgehead atoms. The highest BCUT2D eigenvalue weighted by Gasteiger charge is 2.28. The van der Waals surface area contributed by atoms with Crippen LogP contribution in [0.1, 0.15) is 19.3 Å². The van der Waals surface area contributed by atoms with Crippen molar-refractivity contribution in [3.05, 3.63) is 0 Å². The topological polar surface area (TPSA) is 12.5 Å². The second-order valence-electron chi connectivity index (χ2n) is 4.72. The third kappa shape index (κ3) is 7.11. The average molecular weight is 274 g/mol. The Morgan fingerprint density at radius 3 is 2.53 bits per heavy atom. The van der Waals surface area contributed by atoms with Crippen molar-refractivity contribution in [2.45, 2.75) is 30.8 Å². The van der Waals surface area contributed by atoms with Crippen molar-refractivity contribution in [1.82, 2.24) is 4.90 Å². The van der Waals surface area contributed by atoms with Crippen LogP contribution >= 0.6 is 11.6 Å². The fourth-order valence-corrected chi connectivity index (χ4v) is 2.46. The van der Waals surface area contributed by atoms with E-state index in [4.69, 9.17) is 11.6 Å². The van der Waals surface area contributed by atoms with E-state index < -0.39 is 12.8 Å². The van der Waals surface area contributed by atoms with E-state index in [9.17, 15) is 13.2 Å². The second kappa shape index (κ2) is 6.81. The Morgan fingerprint density at radius 2 is 2.00 bits per heavy atom. The van der Waals surface area contributed by atoms with Gasteiger partial charge in [-0.2, -0.15) is 13.2 Å². The van der Waals surface area contributed by atoms with Crippen LogP contribution in [0.15, 0.2) is 0 Å². The van der Waals surface area contributed by atoms with E-state index in [1.165, 1.54) is 0 Å². The molecule has 0 aromatic rings. The smallest absolute Gasteiger partial charge is 0.372 e. The van der Waals surface area contributed by atoms with Crippen molar-refractivity contribution in [2.24, 2.45) is 5.92 Å². The largest absolute Gasteiger partial charge is 0.411 e. The average Bonchev–Trinajstić information content (AvgIpc) is 2.13. The predicted octanol–water partition coefficient (Wildman–Crippen LogP) is 2.90. The van der Waals surface area contributed by atoms with Gasteiger partial charge in [-0.25, -0.2) is 0 Å². The Balaban J connectivity index is 1.92. The quantitative estimate of drug-likeness (QED) is 0.522. The van der Waals surface area contributed by atoms with Crippen LogP contribution in [0.5, 0.6) is 0 Å². The number of ether oxygens (including phenoxy) is 1. The Bertz CT molecular complexity index is 219. The zero-order valence-electron chi connectivity index (χ0n) is 9.97. The first-order valence-corrected chi connectivity index (χ1v) is 6.27. The van der Waals surface area contributed by atoms with Gasteiger partial charge in [-0.15, -0.1) is 11.6 Å². The summed E-state index contributed by atoms with van der Waals surface area (Å²) in [6, 6.07) is 0. The molecule has 0 N–H and O–H groups in total. The van der Waals surface area contributed by atoms with Crippen molar-refractivity contribution in [3.8, 4) is 0 Å². The molecule has 0 aromatic heterocycles. The minimum Gasteiger partial charge on any atom is -0.372 e. The van der Waals surface area contributed by atoms with Gasteiger partial charge in [0.15, 0.2) is 0 Å². The third-order valence-corrected chi connectivity index (χ3v) is 3.20. The molecule has 1 aliphatic carbocycles. The Hall–Kier alpha value is -0.0000000000000000555. The van der Waals surface area contributed by atoms with Gasteiger partial charge in [-0.1, -0.05) is 0 Å². The van der Waals surface area contributed by atoms with E-state index in [1.807, 2.05) is 7.05 Å². The van der Waals surface area contributed by atoms with Crippen LogP contribution in [-0.2, 0) is 4.74 Å². The van der Waals surface area contributed by atoms with Crippen LogP contribution in [0.3, 0.4) is 0 Å². The molecule has 0 spiro atoms. The van der Waals surface area contributed by atoms with E-state index in [1.54, 1.807) is 0 Å². The van der Waals surface area contributed by atoms with Crippen LogP contribution in [0.4, 0.5) is 13.2 Å². The molecule has 17 heavy (non-hydrogen) atoms. The van der Waals surface area contributed by atoms with E-state index in [0.29, 0.717) is 17.7 Å². The maximum Gasteiger partial charge on any atom is 0.411 e. The molecule has 6 heteroatoms. The van der Waals surface area contributed by atoms with Gasteiger partial charge < -0.3 is 9.64 Å². The molecule has 0 saturated heterocycles. The number of alkyl halides is 4. The number of halogens is 4. The predicted molar refractivity (Wildman–Crippen MR) is 61.4 cm³/mol. The number of hydrogen-bond donors (Lipinski definition) is 0. The standard InChI is InChI=1S/C11H19ClF3NO/c1-16(7-9-5-10(12)6-9)3-2-4-17-8-11(13,14)15/h9-10H,2-8H2,1H3. The van der Waals surface area contributed by atoms with Crippen molar-refractivity contribution in [2.75, 3.05) is 33.4 Å². The summed E-state index contributed by atoms with van der Waals surface area (Å²) in [5.41, 5.74) is 0. The molecular weight excluding hydrogens is 255 g/mol. The molecule has 0 heterocycles. The number of hydrogen-bond acceptors (Lipinski definition) is 2. The van der Waals surface area contributed by atoms with Crippen LogP contribution in [0.25, 0.3) is 0 Å². The fourth-order valence-electron chi connectivity index (χ4n) is 1.96. The summed E-state index contributed by atoms with van der Waals surface area (Å²) in [5.74, 6) is 0.651.